The van der Waals surface area contributed by atoms with Crippen molar-refractivity contribution in [2.24, 2.45) is 0 Å². The zero-order valence-electron chi connectivity index (χ0n) is 16.8. The normalized spacial score (nSPS) is 10.4. The summed E-state index contributed by atoms with van der Waals surface area (Å²) in [6, 6.07) is 20.0. The lowest BCUT2D eigenvalue weighted by Crippen LogP contribution is -2.00. The Morgan fingerprint density at radius 1 is 0.536 bits per heavy atom. The first-order chi connectivity index (χ1) is 13.6. The lowest BCUT2D eigenvalue weighted by atomic mass is 10.1. The van der Waals surface area contributed by atoms with E-state index in [9.17, 15) is 0 Å². The molecule has 0 saturated carbocycles. The third-order valence-corrected chi connectivity index (χ3v) is 4.45. The summed E-state index contributed by atoms with van der Waals surface area (Å²) in [6.07, 6.45) is 0. The Labute approximate surface area is 166 Å². The van der Waals surface area contributed by atoms with Gasteiger partial charge in [0, 0.05) is 0 Å². The van der Waals surface area contributed by atoms with E-state index < -0.39 is 0 Å². The molecule has 3 aromatic rings. The van der Waals surface area contributed by atoms with Crippen LogP contribution in [0.5, 0.6) is 23.0 Å². The maximum Gasteiger partial charge on any atom is 0.161 e. The van der Waals surface area contributed by atoms with Crippen molar-refractivity contribution in [2.45, 2.75) is 27.1 Å². The Hall–Kier alpha value is -3.14. The SMILES string of the molecule is COc1cc(C)ccc1OCc1ccc(COc2ccc(C)cc2OC)cc1. The second kappa shape index (κ2) is 9.18. The summed E-state index contributed by atoms with van der Waals surface area (Å²) in [7, 11) is 3.30. The second-order valence-corrected chi connectivity index (χ2v) is 6.70. The number of hydrogen-bond donors (Lipinski definition) is 0. The predicted molar refractivity (Wildman–Crippen MR) is 111 cm³/mol. The van der Waals surface area contributed by atoms with Crippen LogP contribution >= 0.6 is 0 Å². The van der Waals surface area contributed by atoms with E-state index in [1.165, 1.54) is 0 Å². The van der Waals surface area contributed by atoms with Crippen molar-refractivity contribution in [3.8, 4) is 23.0 Å². The van der Waals surface area contributed by atoms with Gasteiger partial charge in [-0.2, -0.15) is 0 Å². The molecule has 0 N–H and O–H groups in total. The monoisotopic (exact) mass is 378 g/mol. The standard InChI is InChI=1S/C24H26O4/c1-17-5-11-21(23(13-17)25-3)27-15-19-7-9-20(10-8-19)16-28-22-12-6-18(2)14-24(22)26-4/h5-14H,15-16H2,1-4H3. The zero-order chi connectivity index (χ0) is 19.9. The first-order valence-corrected chi connectivity index (χ1v) is 9.21. The fourth-order valence-electron chi connectivity index (χ4n) is 2.84. The van der Waals surface area contributed by atoms with E-state index in [4.69, 9.17) is 18.9 Å². The van der Waals surface area contributed by atoms with E-state index in [0.717, 1.165) is 45.3 Å². The van der Waals surface area contributed by atoms with E-state index >= 15 is 0 Å². The molecule has 0 unspecified atom stereocenters. The zero-order valence-corrected chi connectivity index (χ0v) is 16.8. The van der Waals surface area contributed by atoms with Crippen molar-refractivity contribution in [3.05, 3.63) is 82.9 Å². The van der Waals surface area contributed by atoms with Crippen molar-refractivity contribution in [2.75, 3.05) is 14.2 Å². The Morgan fingerprint density at radius 3 is 1.29 bits per heavy atom. The highest BCUT2D eigenvalue weighted by Crippen LogP contribution is 2.29. The quantitative estimate of drug-likeness (QED) is 0.520. The molecule has 0 aliphatic carbocycles. The van der Waals surface area contributed by atoms with E-state index in [1.807, 2.05) is 74.5 Å². The van der Waals surface area contributed by atoms with Gasteiger partial charge in [0.15, 0.2) is 23.0 Å². The number of rotatable bonds is 8. The van der Waals surface area contributed by atoms with Crippen molar-refractivity contribution in [3.63, 3.8) is 0 Å². The van der Waals surface area contributed by atoms with Gasteiger partial charge in [0.05, 0.1) is 14.2 Å². The average Bonchev–Trinajstić information content (AvgIpc) is 2.72. The van der Waals surface area contributed by atoms with Gasteiger partial charge in [0.25, 0.3) is 0 Å². The smallest absolute Gasteiger partial charge is 0.161 e. The maximum atomic E-state index is 5.91. The fourth-order valence-corrected chi connectivity index (χ4v) is 2.84. The molecule has 0 spiro atoms. The molecule has 3 rings (SSSR count). The van der Waals surface area contributed by atoms with Gasteiger partial charge < -0.3 is 18.9 Å². The van der Waals surface area contributed by atoms with E-state index in [-0.39, 0.29) is 0 Å². The molecule has 0 radical (unpaired) electrons. The molecule has 4 nitrogen and oxygen atoms in total. The van der Waals surface area contributed by atoms with E-state index in [0.29, 0.717) is 13.2 Å². The van der Waals surface area contributed by atoms with Crippen LogP contribution < -0.4 is 18.9 Å². The summed E-state index contributed by atoms with van der Waals surface area (Å²) in [5, 5.41) is 0. The van der Waals surface area contributed by atoms with Crippen LogP contribution in [0.3, 0.4) is 0 Å². The molecule has 4 heteroatoms. The van der Waals surface area contributed by atoms with Crippen LogP contribution in [-0.4, -0.2) is 14.2 Å². The van der Waals surface area contributed by atoms with E-state index in [1.54, 1.807) is 14.2 Å². The Bertz CT molecular complexity index is 840. The molecular weight excluding hydrogens is 352 g/mol. The number of aryl methyl sites for hydroxylation is 2. The first kappa shape index (κ1) is 19.6. The van der Waals surface area contributed by atoms with Gasteiger partial charge >= 0.3 is 0 Å². The number of methoxy groups -OCH3 is 2. The highest BCUT2D eigenvalue weighted by Gasteiger charge is 2.06. The van der Waals surface area contributed by atoms with Crippen LogP contribution in [0.15, 0.2) is 60.7 Å². The summed E-state index contributed by atoms with van der Waals surface area (Å²) in [4.78, 5) is 0. The molecule has 3 aromatic carbocycles. The van der Waals surface area contributed by atoms with Crippen molar-refractivity contribution >= 4 is 0 Å². The van der Waals surface area contributed by atoms with Crippen LogP contribution in [0.25, 0.3) is 0 Å². The van der Waals surface area contributed by atoms with Crippen LogP contribution in [-0.2, 0) is 13.2 Å². The van der Waals surface area contributed by atoms with Gasteiger partial charge in [-0.25, -0.2) is 0 Å². The Morgan fingerprint density at radius 2 is 0.929 bits per heavy atom. The largest absolute Gasteiger partial charge is 0.493 e. The number of hydrogen-bond acceptors (Lipinski definition) is 4. The van der Waals surface area contributed by atoms with Gasteiger partial charge in [-0.1, -0.05) is 36.4 Å². The van der Waals surface area contributed by atoms with Gasteiger partial charge in [-0.15, -0.1) is 0 Å². The third kappa shape index (κ3) is 4.97. The molecule has 0 saturated heterocycles. The average molecular weight is 378 g/mol. The Balaban J connectivity index is 1.58. The lowest BCUT2D eigenvalue weighted by molar-refractivity contribution is 0.281. The number of ether oxygens (including phenoxy) is 4. The predicted octanol–water partition coefficient (Wildman–Crippen LogP) is 5.48. The minimum absolute atomic E-state index is 0.479. The van der Waals surface area contributed by atoms with Gasteiger partial charge in [0.1, 0.15) is 13.2 Å². The molecule has 0 fully saturated rings. The third-order valence-electron chi connectivity index (χ3n) is 4.45. The molecule has 0 heterocycles. The minimum atomic E-state index is 0.479. The van der Waals surface area contributed by atoms with E-state index in [2.05, 4.69) is 0 Å². The molecule has 0 amide bonds. The van der Waals surface area contributed by atoms with Crippen LogP contribution in [0, 0.1) is 13.8 Å². The first-order valence-electron chi connectivity index (χ1n) is 9.21. The fraction of sp³-hybridized carbons (Fsp3) is 0.250. The van der Waals surface area contributed by atoms with Gasteiger partial charge in [0.2, 0.25) is 0 Å². The van der Waals surface area contributed by atoms with Crippen LogP contribution in [0.4, 0.5) is 0 Å². The van der Waals surface area contributed by atoms with Gasteiger partial charge in [-0.3, -0.25) is 0 Å². The highest BCUT2D eigenvalue weighted by molar-refractivity contribution is 5.43. The summed E-state index contributed by atoms with van der Waals surface area (Å²) < 4.78 is 22.6. The van der Waals surface area contributed by atoms with Crippen molar-refractivity contribution < 1.29 is 18.9 Å². The summed E-state index contributed by atoms with van der Waals surface area (Å²) in [6.45, 7) is 5.01. The summed E-state index contributed by atoms with van der Waals surface area (Å²) in [5.41, 5.74) is 4.44. The molecule has 0 aromatic heterocycles. The molecule has 28 heavy (non-hydrogen) atoms. The number of benzene rings is 3. The second-order valence-electron chi connectivity index (χ2n) is 6.70. The van der Waals surface area contributed by atoms with Crippen molar-refractivity contribution in [1.29, 1.82) is 0 Å². The Kier molecular flexibility index (Phi) is 6.43. The molecule has 0 atom stereocenters. The van der Waals surface area contributed by atoms with Crippen molar-refractivity contribution in [1.82, 2.24) is 0 Å². The molecule has 0 bridgehead atoms. The lowest BCUT2D eigenvalue weighted by Gasteiger charge is -2.13. The minimum Gasteiger partial charge on any atom is -0.493 e. The maximum absolute atomic E-state index is 5.91. The summed E-state index contributed by atoms with van der Waals surface area (Å²) >= 11 is 0. The van der Waals surface area contributed by atoms with Crippen LogP contribution in [0.2, 0.25) is 0 Å². The molecule has 0 aliphatic rings. The topological polar surface area (TPSA) is 36.9 Å². The molecule has 146 valence electrons. The summed E-state index contributed by atoms with van der Waals surface area (Å²) in [5.74, 6) is 2.98. The molecule has 0 aliphatic heterocycles. The van der Waals surface area contributed by atoms with Gasteiger partial charge in [-0.05, 0) is 60.4 Å². The van der Waals surface area contributed by atoms with Crippen LogP contribution in [0.1, 0.15) is 22.3 Å². The molecular formula is C24H26O4. The highest BCUT2D eigenvalue weighted by atomic mass is 16.5.